The summed E-state index contributed by atoms with van der Waals surface area (Å²) in [7, 11) is 0. The van der Waals surface area contributed by atoms with Crippen LogP contribution in [0.2, 0.25) is 0 Å². The Morgan fingerprint density at radius 3 is 2.84 bits per heavy atom. The Morgan fingerprint density at radius 1 is 1.42 bits per heavy atom. The van der Waals surface area contributed by atoms with Gasteiger partial charge in [0.05, 0.1) is 6.54 Å². The van der Waals surface area contributed by atoms with Crippen molar-refractivity contribution in [2.45, 2.75) is 18.4 Å². The molecule has 0 saturated carbocycles. The van der Waals surface area contributed by atoms with E-state index in [1.54, 1.807) is 24.8 Å². The van der Waals surface area contributed by atoms with Crippen LogP contribution in [0.5, 0.6) is 0 Å². The second kappa shape index (κ2) is 5.84. The molecule has 0 amide bonds. The lowest BCUT2D eigenvalue weighted by atomic mass is 10.2. The van der Waals surface area contributed by atoms with E-state index in [0.717, 1.165) is 5.69 Å². The summed E-state index contributed by atoms with van der Waals surface area (Å²) in [6, 6.07) is 9.76. The van der Waals surface area contributed by atoms with Gasteiger partial charge in [-0.15, -0.1) is 11.8 Å². The third-order valence-corrected chi connectivity index (χ3v) is 3.42. The highest BCUT2D eigenvalue weighted by Crippen LogP contribution is 2.20. The molecule has 1 heterocycles. The van der Waals surface area contributed by atoms with Crippen molar-refractivity contribution in [1.82, 2.24) is 0 Å². The number of aromatic carboxylic acids is 1. The van der Waals surface area contributed by atoms with E-state index in [9.17, 15) is 4.79 Å². The smallest absolute Gasteiger partial charge is 0.372 e. The Morgan fingerprint density at radius 2 is 2.21 bits per heavy atom. The van der Waals surface area contributed by atoms with E-state index in [4.69, 9.17) is 9.52 Å². The molecule has 0 aliphatic heterocycles. The number of anilines is 1. The molecule has 0 bridgehead atoms. The summed E-state index contributed by atoms with van der Waals surface area (Å²) in [5.41, 5.74) is 1.62. The minimum atomic E-state index is -1.03. The van der Waals surface area contributed by atoms with Gasteiger partial charge in [-0.25, -0.2) is 4.79 Å². The molecule has 0 radical (unpaired) electrons. The molecule has 0 aliphatic rings. The van der Waals surface area contributed by atoms with Crippen molar-refractivity contribution in [2.24, 2.45) is 0 Å². The van der Waals surface area contributed by atoms with Crippen molar-refractivity contribution in [2.75, 3.05) is 11.6 Å². The fourth-order valence-electron chi connectivity index (χ4n) is 1.77. The fourth-order valence-corrected chi connectivity index (χ4v) is 2.23. The van der Waals surface area contributed by atoms with E-state index >= 15 is 0 Å². The van der Waals surface area contributed by atoms with Crippen molar-refractivity contribution in [3.63, 3.8) is 0 Å². The Labute approximate surface area is 115 Å². The molecule has 0 spiro atoms. The lowest BCUT2D eigenvalue weighted by Crippen LogP contribution is -1.98. The number of carbonyl (C=O) groups is 1. The lowest BCUT2D eigenvalue weighted by molar-refractivity contribution is 0.0659. The predicted octanol–water partition coefficient (Wildman–Crippen LogP) is 3.62. The second-order valence-corrected chi connectivity index (χ2v) is 5.00. The maximum absolute atomic E-state index is 10.9. The minimum absolute atomic E-state index is 0.00895. The molecule has 0 saturated heterocycles. The molecule has 100 valence electrons. The highest BCUT2D eigenvalue weighted by atomic mass is 32.2. The quantitative estimate of drug-likeness (QED) is 0.817. The average Bonchev–Trinajstić information content (AvgIpc) is 2.78. The third kappa shape index (κ3) is 3.32. The highest BCUT2D eigenvalue weighted by Gasteiger charge is 2.13. The van der Waals surface area contributed by atoms with Crippen LogP contribution < -0.4 is 5.32 Å². The van der Waals surface area contributed by atoms with Crippen LogP contribution in [0.15, 0.2) is 39.6 Å². The van der Waals surface area contributed by atoms with Gasteiger partial charge in [-0.05, 0) is 37.4 Å². The number of rotatable bonds is 5. The first-order valence-electron chi connectivity index (χ1n) is 5.80. The number of nitrogens with one attached hydrogen (secondary N) is 1. The standard InChI is InChI=1S/C14H15NO3S/c1-9-6-11(18-13(9)14(16)17)8-15-10-4-3-5-12(7-10)19-2/h3-7,15H,8H2,1-2H3,(H,16,17). The van der Waals surface area contributed by atoms with E-state index < -0.39 is 5.97 Å². The van der Waals surface area contributed by atoms with Gasteiger partial charge in [0, 0.05) is 16.1 Å². The molecular formula is C14H15NO3S. The van der Waals surface area contributed by atoms with E-state index in [1.165, 1.54) is 4.90 Å². The van der Waals surface area contributed by atoms with E-state index in [1.807, 2.05) is 30.5 Å². The van der Waals surface area contributed by atoms with E-state index in [-0.39, 0.29) is 5.76 Å². The summed E-state index contributed by atoms with van der Waals surface area (Å²) in [5.74, 6) is -0.410. The van der Waals surface area contributed by atoms with Crippen LogP contribution in [0.1, 0.15) is 21.9 Å². The van der Waals surface area contributed by atoms with Crippen LogP contribution in [-0.4, -0.2) is 17.3 Å². The molecule has 1 aromatic heterocycles. The molecular weight excluding hydrogens is 262 g/mol. The molecule has 0 fully saturated rings. The van der Waals surface area contributed by atoms with Gasteiger partial charge in [0.1, 0.15) is 5.76 Å². The van der Waals surface area contributed by atoms with E-state index in [2.05, 4.69) is 5.32 Å². The predicted molar refractivity (Wildman–Crippen MR) is 76.0 cm³/mol. The van der Waals surface area contributed by atoms with Gasteiger partial charge in [-0.2, -0.15) is 0 Å². The number of carboxylic acids is 1. The first-order valence-corrected chi connectivity index (χ1v) is 7.03. The number of carboxylic acid groups (broad SMARTS) is 1. The Hall–Kier alpha value is -1.88. The third-order valence-electron chi connectivity index (χ3n) is 2.70. The normalized spacial score (nSPS) is 10.4. The summed E-state index contributed by atoms with van der Waals surface area (Å²) in [6.07, 6.45) is 2.02. The number of thioether (sulfide) groups is 1. The summed E-state index contributed by atoms with van der Waals surface area (Å²) in [4.78, 5) is 12.0. The van der Waals surface area contributed by atoms with Crippen LogP contribution in [-0.2, 0) is 6.54 Å². The SMILES string of the molecule is CSc1cccc(NCc2cc(C)c(C(=O)O)o2)c1. The van der Waals surface area contributed by atoms with Crippen molar-refractivity contribution in [3.8, 4) is 0 Å². The van der Waals surface area contributed by atoms with Crippen LogP contribution in [0.25, 0.3) is 0 Å². The Kier molecular flexibility index (Phi) is 4.16. The Balaban J connectivity index is 2.06. The molecule has 2 rings (SSSR count). The molecule has 19 heavy (non-hydrogen) atoms. The molecule has 2 N–H and O–H groups in total. The fraction of sp³-hybridized carbons (Fsp3) is 0.214. The molecule has 4 nitrogen and oxygen atoms in total. The van der Waals surface area contributed by atoms with E-state index in [0.29, 0.717) is 17.9 Å². The van der Waals surface area contributed by atoms with Gasteiger partial charge in [0.15, 0.2) is 0 Å². The topological polar surface area (TPSA) is 62.5 Å². The maximum atomic E-state index is 10.9. The largest absolute Gasteiger partial charge is 0.475 e. The van der Waals surface area contributed by atoms with Crippen LogP contribution in [0.4, 0.5) is 5.69 Å². The molecule has 0 aliphatic carbocycles. The zero-order chi connectivity index (χ0) is 13.8. The van der Waals surface area contributed by atoms with Gasteiger partial charge in [0.25, 0.3) is 0 Å². The van der Waals surface area contributed by atoms with Gasteiger partial charge >= 0.3 is 5.97 Å². The molecule has 0 unspecified atom stereocenters. The van der Waals surface area contributed by atoms with Crippen LogP contribution >= 0.6 is 11.8 Å². The maximum Gasteiger partial charge on any atom is 0.372 e. The average molecular weight is 277 g/mol. The van der Waals surface area contributed by atoms with Crippen molar-refractivity contribution in [3.05, 3.63) is 47.4 Å². The summed E-state index contributed by atoms with van der Waals surface area (Å²) in [6.45, 7) is 2.19. The number of benzene rings is 1. The molecule has 5 heteroatoms. The first-order chi connectivity index (χ1) is 9.10. The van der Waals surface area contributed by atoms with Crippen LogP contribution in [0, 0.1) is 6.92 Å². The molecule has 2 aromatic rings. The summed E-state index contributed by atoms with van der Waals surface area (Å²) in [5, 5.41) is 12.1. The Bertz CT molecular complexity index is 592. The first kappa shape index (κ1) is 13.5. The molecule has 1 aromatic carbocycles. The number of hydrogen-bond donors (Lipinski definition) is 2. The zero-order valence-electron chi connectivity index (χ0n) is 10.8. The van der Waals surface area contributed by atoms with Crippen molar-refractivity contribution < 1.29 is 14.3 Å². The highest BCUT2D eigenvalue weighted by molar-refractivity contribution is 7.98. The molecule has 0 atom stereocenters. The number of aryl methyl sites for hydroxylation is 1. The summed E-state index contributed by atoms with van der Waals surface area (Å²) >= 11 is 1.67. The van der Waals surface area contributed by atoms with Gasteiger partial charge in [-0.1, -0.05) is 6.07 Å². The van der Waals surface area contributed by atoms with Gasteiger partial charge in [-0.3, -0.25) is 0 Å². The zero-order valence-corrected chi connectivity index (χ0v) is 11.6. The minimum Gasteiger partial charge on any atom is -0.475 e. The number of furan rings is 1. The monoisotopic (exact) mass is 277 g/mol. The van der Waals surface area contributed by atoms with Crippen molar-refractivity contribution in [1.29, 1.82) is 0 Å². The van der Waals surface area contributed by atoms with Gasteiger partial charge in [0.2, 0.25) is 5.76 Å². The van der Waals surface area contributed by atoms with Gasteiger partial charge < -0.3 is 14.8 Å². The number of hydrogen-bond acceptors (Lipinski definition) is 4. The van der Waals surface area contributed by atoms with Crippen LogP contribution in [0.3, 0.4) is 0 Å². The summed E-state index contributed by atoms with van der Waals surface area (Å²) < 4.78 is 5.29. The second-order valence-electron chi connectivity index (χ2n) is 4.12. The lowest BCUT2D eigenvalue weighted by Gasteiger charge is -2.05. The van der Waals surface area contributed by atoms with Crippen molar-refractivity contribution >= 4 is 23.4 Å².